The van der Waals surface area contributed by atoms with E-state index < -0.39 is 5.60 Å². The first-order valence-electron chi connectivity index (χ1n) is 12.3. The molecule has 2 aromatic carbocycles. The second kappa shape index (κ2) is 10.0. The molecule has 3 heterocycles. The Kier molecular flexibility index (Phi) is 6.68. The smallest absolute Gasteiger partial charge is 0.253 e. The lowest BCUT2D eigenvalue weighted by Gasteiger charge is -2.47. The van der Waals surface area contributed by atoms with E-state index in [4.69, 9.17) is 4.74 Å². The van der Waals surface area contributed by atoms with Crippen LogP contribution < -0.4 is 0 Å². The number of nitrogens with zero attached hydrogens (tertiary/aromatic N) is 4. The Bertz CT molecular complexity index is 1160. The second-order valence-electron chi connectivity index (χ2n) is 9.84. The van der Waals surface area contributed by atoms with E-state index in [0.29, 0.717) is 38.6 Å². The lowest BCUT2D eigenvalue weighted by Crippen LogP contribution is -2.58. The van der Waals surface area contributed by atoms with E-state index in [1.807, 2.05) is 63.0 Å². The van der Waals surface area contributed by atoms with Crippen molar-refractivity contribution in [3.8, 4) is 0 Å². The predicted octanol–water partition coefficient (Wildman–Crippen LogP) is 3.60. The highest BCUT2D eigenvalue weighted by atomic mass is 16.5. The lowest BCUT2D eigenvalue weighted by molar-refractivity contribution is -0.173. The first-order chi connectivity index (χ1) is 17.0. The van der Waals surface area contributed by atoms with Crippen LogP contribution in [0, 0.1) is 5.92 Å². The Morgan fingerprint density at radius 3 is 2.57 bits per heavy atom. The monoisotopic (exact) mass is 472 g/mol. The molecule has 182 valence electrons. The number of rotatable bonds is 6. The van der Waals surface area contributed by atoms with Gasteiger partial charge in [-0.15, -0.1) is 0 Å². The maximum absolute atomic E-state index is 13.2. The number of hydrogen-bond donors (Lipinski definition) is 0. The third-order valence-electron chi connectivity index (χ3n) is 7.34. The second-order valence-corrected chi connectivity index (χ2v) is 9.84. The van der Waals surface area contributed by atoms with Gasteiger partial charge < -0.3 is 19.1 Å². The van der Waals surface area contributed by atoms with Gasteiger partial charge in [0.2, 0.25) is 5.91 Å². The molecule has 0 bridgehead atoms. The Morgan fingerprint density at radius 1 is 1.06 bits per heavy atom. The normalized spacial score (nSPS) is 21.3. The molecule has 2 aliphatic rings. The fourth-order valence-electron chi connectivity index (χ4n) is 5.30. The molecule has 1 atom stereocenters. The van der Waals surface area contributed by atoms with Gasteiger partial charge in [-0.3, -0.25) is 9.59 Å². The summed E-state index contributed by atoms with van der Waals surface area (Å²) in [6.07, 6.45) is 7.19. The van der Waals surface area contributed by atoms with E-state index in [1.165, 1.54) is 0 Å². The van der Waals surface area contributed by atoms with Gasteiger partial charge in [0.15, 0.2) is 0 Å². The molecule has 7 nitrogen and oxygen atoms in total. The van der Waals surface area contributed by atoms with E-state index in [2.05, 4.69) is 24.0 Å². The Balaban J connectivity index is 1.19. The third-order valence-corrected chi connectivity index (χ3v) is 7.34. The van der Waals surface area contributed by atoms with E-state index >= 15 is 0 Å². The van der Waals surface area contributed by atoms with Crippen LogP contribution in [0.4, 0.5) is 0 Å². The van der Waals surface area contributed by atoms with Gasteiger partial charge in [-0.2, -0.15) is 0 Å². The highest BCUT2D eigenvalue weighted by molar-refractivity contribution is 5.94. The van der Waals surface area contributed by atoms with Crippen LogP contribution in [0.1, 0.15) is 41.3 Å². The molecule has 0 spiro atoms. The highest BCUT2D eigenvalue weighted by Gasteiger charge is 2.43. The van der Waals surface area contributed by atoms with Crippen molar-refractivity contribution in [2.45, 2.75) is 38.5 Å². The molecular weight excluding hydrogens is 440 g/mol. The van der Waals surface area contributed by atoms with Gasteiger partial charge in [0.25, 0.3) is 5.91 Å². The molecule has 0 unspecified atom stereocenters. The number of benzene rings is 2. The van der Waals surface area contributed by atoms with Gasteiger partial charge in [-0.25, -0.2) is 4.98 Å². The van der Waals surface area contributed by atoms with Gasteiger partial charge >= 0.3 is 0 Å². The molecule has 2 amide bonds. The summed E-state index contributed by atoms with van der Waals surface area (Å²) in [5, 5.41) is 0. The number of ether oxygens (including phenoxy) is 1. The SMILES string of the molecule is C[C@@]1(C2CCN(C(=O)c3cccc(Cn4ccnc4)c3)CC2)CN(Cc2ccccc2)C(=O)CO1. The van der Waals surface area contributed by atoms with Crippen molar-refractivity contribution in [2.24, 2.45) is 5.92 Å². The molecule has 2 fully saturated rings. The number of likely N-dealkylation sites (tertiary alicyclic amines) is 1. The average Bonchev–Trinajstić information content (AvgIpc) is 3.40. The number of hydrogen-bond acceptors (Lipinski definition) is 4. The molecule has 35 heavy (non-hydrogen) atoms. The summed E-state index contributed by atoms with van der Waals surface area (Å²) in [7, 11) is 0. The highest BCUT2D eigenvalue weighted by Crippen LogP contribution is 2.35. The van der Waals surface area contributed by atoms with Crippen LogP contribution in [0.5, 0.6) is 0 Å². The average molecular weight is 473 g/mol. The van der Waals surface area contributed by atoms with Crippen LogP contribution in [0.2, 0.25) is 0 Å². The Labute approximate surface area is 206 Å². The van der Waals surface area contributed by atoms with E-state index in [-0.39, 0.29) is 18.4 Å². The molecule has 2 saturated heterocycles. The molecular formula is C28H32N4O3. The van der Waals surface area contributed by atoms with Crippen molar-refractivity contribution in [1.82, 2.24) is 19.4 Å². The fourth-order valence-corrected chi connectivity index (χ4v) is 5.30. The van der Waals surface area contributed by atoms with Gasteiger partial charge in [-0.05, 0) is 48.9 Å². The van der Waals surface area contributed by atoms with Crippen molar-refractivity contribution >= 4 is 11.8 Å². The van der Waals surface area contributed by atoms with Gasteiger partial charge in [0.05, 0.1) is 18.5 Å². The molecule has 0 aliphatic carbocycles. The van der Waals surface area contributed by atoms with Crippen molar-refractivity contribution in [1.29, 1.82) is 0 Å². The number of carbonyl (C=O) groups is 2. The Morgan fingerprint density at radius 2 is 1.83 bits per heavy atom. The summed E-state index contributed by atoms with van der Waals surface area (Å²) < 4.78 is 8.12. The summed E-state index contributed by atoms with van der Waals surface area (Å²) in [4.78, 5) is 33.7. The molecule has 7 heteroatoms. The quantitative estimate of drug-likeness (QED) is 0.550. The van der Waals surface area contributed by atoms with Crippen LogP contribution in [-0.4, -0.2) is 63.0 Å². The summed E-state index contributed by atoms with van der Waals surface area (Å²) in [5.74, 6) is 0.409. The molecule has 2 aliphatic heterocycles. The fraction of sp³-hybridized carbons (Fsp3) is 0.393. The molecule has 3 aromatic rings. The van der Waals surface area contributed by atoms with Gasteiger partial charge in [0.1, 0.15) is 6.61 Å². The van der Waals surface area contributed by atoms with Crippen molar-refractivity contribution in [3.05, 3.63) is 90.0 Å². The van der Waals surface area contributed by atoms with Crippen LogP contribution in [0.15, 0.2) is 73.3 Å². The minimum Gasteiger partial charge on any atom is -0.363 e. The third kappa shape index (κ3) is 5.30. The summed E-state index contributed by atoms with van der Waals surface area (Å²) in [5.41, 5.74) is 2.53. The van der Waals surface area contributed by atoms with Crippen LogP contribution >= 0.6 is 0 Å². The summed E-state index contributed by atoms with van der Waals surface area (Å²) >= 11 is 0. The minimum absolute atomic E-state index is 0.0366. The molecule has 1 aromatic heterocycles. The van der Waals surface area contributed by atoms with Gasteiger partial charge in [0, 0.05) is 44.1 Å². The standard InChI is InChI=1S/C28H32N4O3/c1-28(20-32(26(33)19-35-28)18-22-6-3-2-4-7-22)25-10-13-31(14-11-25)27(34)24-9-5-8-23(16-24)17-30-15-12-29-21-30/h2-9,12,15-16,21,25H,10-11,13-14,17-20H2,1H3/t28-/m0/s1. The largest absolute Gasteiger partial charge is 0.363 e. The minimum atomic E-state index is -0.400. The molecule has 0 saturated carbocycles. The van der Waals surface area contributed by atoms with Crippen LogP contribution in [0.25, 0.3) is 0 Å². The van der Waals surface area contributed by atoms with Crippen LogP contribution in [0.3, 0.4) is 0 Å². The lowest BCUT2D eigenvalue weighted by atomic mass is 9.80. The molecule has 0 radical (unpaired) electrons. The van der Waals surface area contributed by atoms with E-state index in [1.54, 1.807) is 12.5 Å². The topological polar surface area (TPSA) is 67.7 Å². The summed E-state index contributed by atoms with van der Waals surface area (Å²) in [6.45, 7) is 5.51. The Hall–Kier alpha value is -3.45. The number of piperidine rings is 1. The zero-order valence-electron chi connectivity index (χ0n) is 20.2. The number of aromatic nitrogens is 2. The van der Waals surface area contributed by atoms with Crippen molar-refractivity contribution in [3.63, 3.8) is 0 Å². The first-order valence-corrected chi connectivity index (χ1v) is 12.3. The zero-order chi connectivity index (χ0) is 24.3. The maximum atomic E-state index is 13.2. The van der Waals surface area contributed by atoms with Crippen LogP contribution in [-0.2, 0) is 22.6 Å². The molecule has 0 N–H and O–H groups in total. The van der Waals surface area contributed by atoms with Crippen molar-refractivity contribution in [2.75, 3.05) is 26.2 Å². The van der Waals surface area contributed by atoms with Crippen molar-refractivity contribution < 1.29 is 14.3 Å². The molecule has 5 rings (SSSR count). The number of amides is 2. The van der Waals surface area contributed by atoms with E-state index in [9.17, 15) is 9.59 Å². The first kappa shape index (κ1) is 23.3. The number of imidazole rings is 1. The number of carbonyl (C=O) groups excluding carboxylic acids is 2. The van der Waals surface area contributed by atoms with Gasteiger partial charge in [-0.1, -0.05) is 42.5 Å². The van der Waals surface area contributed by atoms with E-state index in [0.717, 1.165) is 29.5 Å². The maximum Gasteiger partial charge on any atom is 0.253 e. The summed E-state index contributed by atoms with van der Waals surface area (Å²) in [6, 6.07) is 17.9. The number of morpholine rings is 1. The zero-order valence-corrected chi connectivity index (χ0v) is 20.2. The predicted molar refractivity (Wildman–Crippen MR) is 133 cm³/mol.